The molecule has 3 N–H and O–H groups in total. The molecule has 1 amide bonds. The van der Waals surface area contributed by atoms with Crippen molar-refractivity contribution in [2.45, 2.75) is 38.8 Å². The highest BCUT2D eigenvalue weighted by Crippen LogP contribution is 2.32. The summed E-state index contributed by atoms with van der Waals surface area (Å²) in [7, 11) is 0. The number of hydrogen-bond donors (Lipinski definition) is 3. The summed E-state index contributed by atoms with van der Waals surface area (Å²) in [6.07, 6.45) is 7.39. The van der Waals surface area contributed by atoms with Crippen LogP contribution in [0.4, 0.5) is 6.01 Å². The van der Waals surface area contributed by atoms with Gasteiger partial charge in [0.15, 0.2) is 0 Å². The average Bonchev–Trinajstić information content (AvgIpc) is 3.26. The Morgan fingerprint density at radius 2 is 2.03 bits per heavy atom. The van der Waals surface area contributed by atoms with Crippen LogP contribution in [0.25, 0.3) is 33.5 Å². The molecule has 0 aliphatic heterocycles. The molecule has 1 aromatic carbocycles. The highest BCUT2D eigenvalue weighted by molar-refractivity contribution is 6.00. The molecule has 0 atom stereocenters. The number of aromatic nitrogens is 4. The molecular formula is C22H22N6O2. The summed E-state index contributed by atoms with van der Waals surface area (Å²) >= 11 is 0. The summed E-state index contributed by atoms with van der Waals surface area (Å²) in [5.41, 5.74) is 4.19. The molecule has 8 heteroatoms. The molecule has 0 spiro atoms. The maximum absolute atomic E-state index is 12.4. The highest BCUT2D eigenvalue weighted by atomic mass is 16.4. The van der Waals surface area contributed by atoms with Crippen LogP contribution in [0, 0.1) is 0 Å². The van der Waals surface area contributed by atoms with Gasteiger partial charge >= 0.3 is 6.01 Å². The Hall–Kier alpha value is -3.68. The van der Waals surface area contributed by atoms with E-state index in [1.54, 1.807) is 12.4 Å². The first-order chi connectivity index (χ1) is 14.6. The molecule has 30 heavy (non-hydrogen) atoms. The Bertz CT molecular complexity index is 1220. The number of anilines is 1. The summed E-state index contributed by atoms with van der Waals surface area (Å²) in [5.74, 6) is 0.367. The van der Waals surface area contributed by atoms with Crippen LogP contribution in [0.1, 0.15) is 37.0 Å². The number of nitrogens with zero attached hydrogens (tertiary/aromatic N) is 3. The fourth-order valence-electron chi connectivity index (χ4n) is 3.35. The van der Waals surface area contributed by atoms with Crippen molar-refractivity contribution in [3.63, 3.8) is 0 Å². The first-order valence-corrected chi connectivity index (χ1v) is 10.0. The Labute approximate surface area is 173 Å². The number of carbonyl (C=O) groups is 1. The standard InChI is InChI=1S/C22H22N6O2/c1-12(2)25-22-28-27-21(30-22)13-3-6-19-17(8-13)18(11-24-19)14-7-15(10-23-9-14)20(29)26-16-4-5-16/h3,6-12,16,24H,4-5H2,1-2H3,(H,25,28)(H,26,29). The first kappa shape index (κ1) is 18.4. The molecular weight excluding hydrogens is 380 g/mol. The molecule has 0 radical (unpaired) electrons. The van der Waals surface area contributed by atoms with Gasteiger partial charge in [-0.25, -0.2) is 0 Å². The smallest absolute Gasteiger partial charge is 0.315 e. The molecule has 0 saturated heterocycles. The summed E-state index contributed by atoms with van der Waals surface area (Å²) in [6, 6.07) is 8.70. The van der Waals surface area contributed by atoms with E-state index < -0.39 is 0 Å². The zero-order valence-corrected chi connectivity index (χ0v) is 16.8. The van der Waals surface area contributed by atoms with E-state index in [1.165, 1.54) is 0 Å². The number of pyridine rings is 1. The van der Waals surface area contributed by atoms with Crippen molar-refractivity contribution < 1.29 is 9.21 Å². The van der Waals surface area contributed by atoms with Gasteiger partial charge < -0.3 is 20.0 Å². The molecule has 3 heterocycles. The molecule has 1 fully saturated rings. The number of aromatic amines is 1. The molecule has 152 valence electrons. The van der Waals surface area contributed by atoms with Crippen LogP contribution in [0.15, 0.2) is 47.3 Å². The number of amides is 1. The summed E-state index contributed by atoms with van der Waals surface area (Å²) in [4.78, 5) is 20.0. The van der Waals surface area contributed by atoms with Crippen LogP contribution in [0.2, 0.25) is 0 Å². The minimum atomic E-state index is -0.0802. The minimum Gasteiger partial charge on any atom is -0.403 e. The molecule has 1 aliphatic rings. The third kappa shape index (κ3) is 3.63. The third-order valence-corrected chi connectivity index (χ3v) is 4.99. The minimum absolute atomic E-state index is 0.0802. The number of hydrogen-bond acceptors (Lipinski definition) is 6. The van der Waals surface area contributed by atoms with E-state index in [0.717, 1.165) is 40.4 Å². The molecule has 1 aliphatic carbocycles. The molecule has 1 saturated carbocycles. The van der Waals surface area contributed by atoms with Crippen molar-refractivity contribution >= 4 is 22.8 Å². The van der Waals surface area contributed by atoms with Crippen LogP contribution in [0.3, 0.4) is 0 Å². The zero-order chi connectivity index (χ0) is 20.7. The lowest BCUT2D eigenvalue weighted by Crippen LogP contribution is -2.25. The lowest BCUT2D eigenvalue weighted by Gasteiger charge is -2.05. The second-order valence-corrected chi connectivity index (χ2v) is 7.88. The van der Waals surface area contributed by atoms with Crippen LogP contribution in [-0.4, -0.2) is 38.2 Å². The molecule has 5 rings (SSSR count). The third-order valence-electron chi connectivity index (χ3n) is 4.99. The fourth-order valence-corrected chi connectivity index (χ4v) is 3.35. The van der Waals surface area contributed by atoms with Gasteiger partial charge in [0.2, 0.25) is 5.89 Å². The quantitative estimate of drug-likeness (QED) is 0.450. The summed E-state index contributed by atoms with van der Waals surface area (Å²) in [5, 5.41) is 15.3. The van der Waals surface area contributed by atoms with E-state index in [2.05, 4.69) is 30.8 Å². The predicted molar refractivity (Wildman–Crippen MR) is 114 cm³/mol. The Morgan fingerprint density at radius 1 is 1.17 bits per heavy atom. The largest absolute Gasteiger partial charge is 0.403 e. The normalized spacial score (nSPS) is 13.7. The van der Waals surface area contributed by atoms with Gasteiger partial charge in [-0.3, -0.25) is 9.78 Å². The average molecular weight is 402 g/mol. The molecule has 4 aromatic rings. The highest BCUT2D eigenvalue weighted by Gasteiger charge is 2.24. The van der Waals surface area contributed by atoms with Gasteiger partial charge in [-0.2, -0.15) is 0 Å². The Morgan fingerprint density at radius 3 is 2.83 bits per heavy atom. The van der Waals surface area contributed by atoms with E-state index in [-0.39, 0.29) is 11.9 Å². The van der Waals surface area contributed by atoms with Crippen molar-refractivity contribution in [2.24, 2.45) is 0 Å². The van der Waals surface area contributed by atoms with Gasteiger partial charge in [0, 0.05) is 58.3 Å². The van der Waals surface area contributed by atoms with E-state index in [0.29, 0.717) is 23.5 Å². The van der Waals surface area contributed by atoms with E-state index >= 15 is 0 Å². The van der Waals surface area contributed by atoms with E-state index in [4.69, 9.17) is 4.42 Å². The second-order valence-electron chi connectivity index (χ2n) is 7.88. The van der Waals surface area contributed by atoms with Gasteiger partial charge in [-0.15, -0.1) is 5.10 Å². The van der Waals surface area contributed by atoms with Crippen molar-refractivity contribution in [3.05, 3.63) is 48.4 Å². The number of nitrogens with one attached hydrogen (secondary N) is 3. The van der Waals surface area contributed by atoms with Gasteiger partial charge in [-0.05, 0) is 51.0 Å². The van der Waals surface area contributed by atoms with Crippen LogP contribution >= 0.6 is 0 Å². The van der Waals surface area contributed by atoms with E-state index in [1.807, 2.05) is 44.3 Å². The van der Waals surface area contributed by atoms with Gasteiger partial charge in [-0.1, -0.05) is 5.10 Å². The topological polar surface area (TPSA) is 109 Å². The molecule has 8 nitrogen and oxygen atoms in total. The van der Waals surface area contributed by atoms with Crippen molar-refractivity contribution in [1.82, 2.24) is 25.5 Å². The number of H-pyrrole nitrogens is 1. The van der Waals surface area contributed by atoms with Crippen LogP contribution in [-0.2, 0) is 0 Å². The van der Waals surface area contributed by atoms with E-state index in [9.17, 15) is 4.79 Å². The molecule has 3 aromatic heterocycles. The van der Waals surface area contributed by atoms with Gasteiger partial charge in [0.1, 0.15) is 0 Å². The summed E-state index contributed by atoms with van der Waals surface area (Å²) < 4.78 is 5.74. The maximum atomic E-state index is 12.4. The molecule has 0 bridgehead atoms. The van der Waals surface area contributed by atoms with Crippen LogP contribution in [0.5, 0.6) is 0 Å². The van der Waals surface area contributed by atoms with Crippen molar-refractivity contribution in [2.75, 3.05) is 5.32 Å². The lowest BCUT2D eigenvalue weighted by molar-refractivity contribution is 0.0950. The first-order valence-electron chi connectivity index (χ1n) is 10.0. The number of fused-ring (bicyclic) bond motifs is 1. The monoisotopic (exact) mass is 402 g/mol. The van der Waals surface area contributed by atoms with Gasteiger partial charge in [0.05, 0.1) is 5.56 Å². The second kappa shape index (κ2) is 7.29. The predicted octanol–water partition coefficient (Wildman–Crippen LogP) is 3.99. The van der Waals surface area contributed by atoms with Crippen molar-refractivity contribution in [1.29, 1.82) is 0 Å². The number of carbonyl (C=O) groups excluding carboxylic acids is 1. The maximum Gasteiger partial charge on any atom is 0.315 e. The number of rotatable bonds is 6. The zero-order valence-electron chi connectivity index (χ0n) is 16.8. The number of benzene rings is 1. The van der Waals surface area contributed by atoms with Crippen molar-refractivity contribution in [3.8, 4) is 22.6 Å². The Kier molecular flexibility index (Phi) is 4.46. The molecule has 0 unspecified atom stereocenters. The van der Waals surface area contributed by atoms with Crippen LogP contribution < -0.4 is 10.6 Å². The lowest BCUT2D eigenvalue weighted by atomic mass is 10.0. The Balaban J connectivity index is 1.49. The SMILES string of the molecule is CC(C)Nc1nnc(-c2ccc3[nH]cc(-c4cncc(C(=O)NC5CC5)c4)c3c2)o1. The summed E-state index contributed by atoms with van der Waals surface area (Å²) in [6.45, 7) is 4.02. The van der Waals surface area contributed by atoms with Gasteiger partial charge in [0.25, 0.3) is 5.91 Å². The fraction of sp³-hybridized carbons (Fsp3) is 0.273.